The van der Waals surface area contributed by atoms with Gasteiger partial charge in [-0.3, -0.25) is 0 Å². The molecule has 0 spiro atoms. The van der Waals surface area contributed by atoms with Crippen LogP contribution in [0, 0.1) is 13.8 Å². The molecule has 0 atom stereocenters. The lowest BCUT2D eigenvalue weighted by molar-refractivity contribution is 0.733. The zero-order chi connectivity index (χ0) is 17.4. The Labute approximate surface area is 141 Å². The van der Waals surface area contributed by atoms with Crippen LogP contribution in [0.4, 0.5) is 23.8 Å². The predicted molar refractivity (Wildman–Crippen MR) is 92.5 cm³/mol. The van der Waals surface area contributed by atoms with Gasteiger partial charge in [0, 0.05) is 28.2 Å². The van der Waals surface area contributed by atoms with Gasteiger partial charge in [-0.25, -0.2) is 0 Å². The van der Waals surface area contributed by atoms with Crippen molar-refractivity contribution in [2.45, 2.75) is 13.8 Å². The molecule has 0 aromatic carbocycles. The van der Waals surface area contributed by atoms with Gasteiger partial charge in [-0.05, 0) is 13.8 Å². The van der Waals surface area contributed by atoms with E-state index in [0.29, 0.717) is 48.8 Å². The largest absolute Gasteiger partial charge is 0.326 e. The van der Waals surface area contributed by atoms with Crippen LogP contribution in [0.3, 0.4) is 0 Å². The Morgan fingerprint density at radius 1 is 0.500 bits per heavy atom. The van der Waals surface area contributed by atoms with E-state index in [0.717, 1.165) is 0 Å². The quantitative estimate of drug-likeness (QED) is 0.659. The maximum atomic E-state index is 4.57. The Morgan fingerprint density at radius 3 is 1.00 bits per heavy atom. The Balaban J connectivity index is 2.09. The average molecular weight is 330 g/mol. The first kappa shape index (κ1) is 16.1. The maximum absolute atomic E-state index is 4.57. The van der Waals surface area contributed by atoms with Crippen LogP contribution in [0.15, 0.2) is 0 Å². The van der Waals surface area contributed by atoms with E-state index >= 15 is 0 Å². The van der Waals surface area contributed by atoms with Crippen LogP contribution < -0.4 is 19.6 Å². The van der Waals surface area contributed by atoms with Gasteiger partial charge in [0.15, 0.2) is 0 Å². The summed E-state index contributed by atoms with van der Waals surface area (Å²) in [4.78, 5) is 34.6. The monoisotopic (exact) mass is 330 g/mol. The molecule has 2 aromatic rings. The number of hydrogen-bond acceptors (Lipinski definition) is 10. The lowest BCUT2D eigenvalue weighted by Crippen LogP contribution is -2.39. The second-order valence-electron chi connectivity index (χ2n) is 6.04. The highest BCUT2D eigenvalue weighted by Gasteiger charge is 2.19. The first-order chi connectivity index (χ1) is 11.3. The molecule has 3 rings (SSSR count). The van der Waals surface area contributed by atoms with Crippen LogP contribution in [-0.4, -0.2) is 71.4 Å². The Kier molecular flexibility index (Phi) is 4.04. The molecule has 128 valence electrons. The molecule has 3 heterocycles. The first-order valence-electron chi connectivity index (χ1n) is 7.63. The van der Waals surface area contributed by atoms with Crippen molar-refractivity contribution >= 4 is 23.8 Å². The molecular weight excluding hydrogens is 308 g/mol. The van der Waals surface area contributed by atoms with Gasteiger partial charge >= 0.3 is 0 Å². The molecule has 4 bridgehead atoms. The molecule has 0 unspecified atom stereocenters. The van der Waals surface area contributed by atoms with Crippen LogP contribution in [0.1, 0.15) is 11.6 Å². The van der Waals surface area contributed by atoms with Crippen molar-refractivity contribution in [2.75, 3.05) is 61.1 Å². The van der Waals surface area contributed by atoms with Gasteiger partial charge in [-0.1, -0.05) is 0 Å². The second-order valence-corrected chi connectivity index (χ2v) is 6.04. The van der Waals surface area contributed by atoms with Crippen molar-refractivity contribution in [1.29, 1.82) is 0 Å². The molecule has 2 aromatic heterocycles. The third-order valence-electron chi connectivity index (χ3n) is 3.66. The fourth-order valence-electron chi connectivity index (χ4n) is 2.48. The summed E-state index contributed by atoms with van der Waals surface area (Å²) in [6, 6.07) is 0. The predicted octanol–water partition coefficient (Wildman–Crippen LogP) is 0.0470. The van der Waals surface area contributed by atoms with Crippen LogP contribution >= 0.6 is 0 Å². The molecule has 10 nitrogen and oxygen atoms in total. The molecule has 1 aliphatic heterocycles. The summed E-state index contributed by atoms with van der Waals surface area (Å²) >= 11 is 0. The van der Waals surface area contributed by atoms with E-state index in [9.17, 15) is 0 Å². The van der Waals surface area contributed by atoms with Gasteiger partial charge in [-0.15, -0.1) is 0 Å². The number of aromatic nitrogens is 6. The summed E-state index contributed by atoms with van der Waals surface area (Å²) < 4.78 is 0. The van der Waals surface area contributed by atoms with Crippen molar-refractivity contribution in [2.24, 2.45) is 0 Å². The number of anilines is 4. The van der Waals surface area contributed by atoms with E-state index in [2.05, 4.69) is 29.9 Å². The Hall–Kier alpha value is -2.78. The fraction of sp³-hybridized carbons (Fsp3) is 0.571. The van der Waals surface area contributed by atoms with E-state index < -0.39 is 0 Å². The van der Waals surface area contributed by atoms with Gasteiger partial charge in [0.1, 0.15) is 11.6 Å². The molecule has 0 aliphatic carbocycles. The molecule has 0 amide bonds. The second kappa shape index (κ2) is 6.02. The lowest BCUT2D eigenvalue weighted by Gasteiger charge is -2.29. The summed E-state index contributed by atoms with van der Waals surface area (Å²) in [5.41, 5.74) is 0. The average Bonchev–Trinajstić information content (AvgIpc) is 2.52. The standard InChI is InChI=1S/C14H22N10/c1-9-15-11-19-12(16-9)22(4)8-24(6)14-18-10(2)17-13(20-14)23(5)7-21(11)3/h7-8H2,1-6H3. The Morgan fingerprint density at radius 2 is 0.750 bits per heavy atom. The van der Waals surface area contributed by atoms with E-state index in [1.807, 2.05) is 61.6 Å². The van der Waals surface area contributed by atoms with E-state index in [4.69, 9.17) is 0 Å². The lowest BCUT2D eigenvalue weighted by atomic mass is 10.5. The summed E-state index contributed by atoms with van der Waals surface area (Å²) in [6.45, 7) is 4.82. The highest BCUT2D eigenvalue weighted by atomic mass is 15.4. The Bertz CT molecular complexity index is 632. The SMILES string of the molecule is Cc1nc2nc(n1)N(C)CN(C)c1nc(C)nc(n1)N(C)CN2C. The summed E-state index contributed by atoms with van der Waals surface area (Å²) in [5, 5.41) is 0. The van der Waals surface area contributed by atoms with Crippen molar-refractivity contribution in [1.82, 2.24) is 29.9 Å². The smallest absolute Gasteiger partial charge is 0.231 e. The van der Waals surface area contributed by atoms with Crippen LogP contribution in [0.2, 0.25) is 0 Å². The van der Waals surface area contributed by atoms with E-state index in [1.54, 1.807) is 0 Å². The van der Waals surface area contributed by atoms with Crippen molar-refractivity contribution in [3.63, 3.8) is 0 Å². The zero-order valence-corrected chi connectivity index (χ0v) is 14.9. The minimum atomic E-state index is 0.541. The molecule has 1 aliphatic rings. The highest BCUT2D eigenvalue weighted by Crippen LogP contribution is 2.18. The molecular formula is C14H22N10. The number of rotatable bonds is 0. The van der Waals surface area contributed by atoms with Crippen molar-refractivity contribution < 1.29 is 0 Å². The van der Waals surface area contributed by atoms with Crippen molar-refractivity contribution in [3.8, 4) is 0 Å². The number of hydrogen-bond donors (Lipinski definition) is 0. The molecule has 0 saturated heterocycles. The number of fused-ring (bicyclic) bond motifs is 4. The van der Waals surface area contributed by atoms with Gasteiger partial charge in [0.25, 0.3) is 0 Å². The van der Waals surface area contributed by atoms with Gasteiger partial charge < -0.3 is 19.6 Å². The van der Waals surface area contributed by atoms with Crippen molar-refractivity contribution in [3.05, 3.63) is 11.6 Å². The highest BCUT2D eigenvalue weighted by molar-refractivity contribution is 5.45. The summed E-state index contributed by atoms with van der Waals surface area (Å²) in [7, 11) is 7.73. The zero-order valence-electron chi connectivity index (χ0n) is 14.9. The summed E-state index contributed by atoms with van der Waals surface area (Å²) in [6.07, 6.45) is 0. The number of nitrogens with zero attached hydrogens (tertiary/aromatic N) is 10. The fourth-order valence-corrected chi connectivity index (χ4v) is 2.48. The van der Waals surface area contributed by atoms with Gasteiger partial charge in [0.2, 0.25) is 23.8 Å². The molecule has 0 N–H and O–H groups in total. The third-order valence-corrected chi connectivity index (χ3v) is 3.66. The van der Waals surface area contributed by atoms with Gasteiger partial charge in [0.05, 0.1) is 13.3 Å². The van der Waals surface area contributed by atoms with E-state index in [-0.39, 0.29) is 0 Å². The maximum Gasteiger partial charge on any atom is 0.231 e. The minimum Gasteiger partial charge on any atom is -0.326 e. The molecule has 24 heavy (non-hydrogen) atoms. The third kappa shape index (κ3) is 3.12. The molecule has 0 radical (unpaired) electrons. The minimum absolute atomic E-state index is 0.541. The van der Waals surface area contributed by atoms with Gasteiger partial charge in [-0.2, -0.15) is 29.9 Å². The normalized spacial score (nSPS) is 15.2. The molecule has 0 fully saturated rings. The first-order valence-corrected chi connectivity index (χ1v) is 7.63. The number of aryl methyl sites for hydroxylation is 2. The van der Waals surface area contributed by atoms with Crippen LogP contribution in [0.5, 0.6) is 0 Å². The van der Waals surface area contributed by atoms with E-state index in [1.165, 1.54) is 0 Å². The molecule has 0 saturated carbocycles. The molecule has 10 heteroatoms. The van der Waals surface area contributed by atoms with Crippen LogP contribution in [-0.2, 0) is 0 Å². The summed E-state index contributed by atoms with van der Waals surface area (Å²) in [5.74, 6) is 3.83. The topological polar surface area (TPSA) is 90.3 Å². The van der Waals surface area contributed by atoms with Crippen LogP contribution in [0.25, 0.3) is 0 Å².